The molecule has 5 aromatic rings. The Hall–Kier alpha value is -4.01. The molecule has 1 N–H and O–H groups in total. The molecule has 2 heterocycles. The Labute approximate surface area is 220 Å². The quantitative estimate of drug-likeness (QED) is 0.141. The minimum atomic E-state index is -4.13. The van der Waals surface area contributed by atoms with Crippen LogP contribution in [0.25, 0.3) is 11.6 Å². The van der Waals surface area contributed by atoms with Crippen molar-refractivity contribution in [3.63, 3.8) is 0 Å². The van der Waals surface area contributed by atoms with E-state index in [2.05, 4.69) is 36.4 Å². The second kappa shape index (κ2) is 10.9. The summed E-state index contributed by atoms with van der Waals surface area (Å²) in [5, 5.41) is 11.1. The Balaban J connectivity index is 1.56. The number of rotatable bonds is 9. The maximum absolute atomic E-state index is 14.6. The fourth-order valence-corrected chi connectivity index (χ4v) is 5.63. The fourth-order valence-electron chi connectivity index (χ4n) is 3.40. The molecule has 1 unspecified atom stereocenters. The van der Waals surface area contributed by atoms with Crippen molar-refractivity contribution in [1.29, 1.82) is 0 Å². The van der Waals surface area contributed by atoms with E-state index < -0.39 is 19.2 Å². The van der Waals surface area contributed by atoms with Gasteiger partial charge in [-0.3, -0.25) is 0 Å². The molecular weight excluding hydrogens is 562 g/mol. The first-order chi connectivity index (χ1) is 18.0. The average molecular weight is 581 g/mol. The van der Waals surface area contributed by atoms with E-state index in [1.54, 1.807) is 66.7 Å². The van der Waals surface area contributed by atoms with Gasteiger partial charge in [0.15, 0.2) is 5.78 Å². The van der Waals surface area contributed by atoms with Gasteiger partial charge in [-0.2, -0.15) is 0 Å². The van der Waals surface area contributed by atoms with Crippen molar-refractivity contribution in [2.75, 3.05) is 5.32 Å². The van der Waals surface area contributed by atoms with Crippen LogP contribution >= 0.6 is 23.5 Å². The summed E-state index contributed by atoms with van der Waals surface area (Å²) in [5.74, 6) is -0.826. The average Bonchev–Trinajstić information content (AvgIpc) is 3.38. The summed E-state index contributed by atoms with van der Waals surface area (Å²) in [7, 11) is -4.13. The number of pyridine rings is 1. The van der Waals surface area contributed by atoms with E-state index in [-0.39, 0.29) is 11.9 Å². The molecule has 0 radical (unpaired) electrons. The van der Waals surface area contributed by atoms with Gasteiger partial charge in [0.1, 0.15) is 27.6 Å². The van der Waals surface area contributed by atoms with Crippen molar-refractivity contribution in [1.82, 2.24) is 15.2 Å². The SMILES string of the molecule is O=P(Oc1ccccc1)(Oc1ccccc1)C(Nc1nnc(-c2cccc(Br)n2)o1)c1ccc(F)cc1. The van der Waals surface area contributed by atoms with Crippen LogP contribution in [0.1, 0.15) is 11.3 Å². The fraction of sp³-hybridized carbons (Fsp3) is 0.0385. The van der Waals surface area contributed by atoms with E-state index >= 15 is 0 Å². The monoisotopic (exact) mass is 580 g/mol. The van der Waals surface area contributed by atoms with Gasteiger partial charge in [-0.25, -0.2) is 13.9 Å². The highest BCUT2D eigenvalue weighted by molar-refractivity contribution is 9.10. The first kappa shape index (κ1) is 24.7. The second-order valence-corrected chi connectivity index (χ2v) is 10.5. The lowest BCUT2D eigenvalue weighted by Gasteiger charge is -2.28. The molecule has 0 saturated heterocycles. The highest BCUT2D eigenvalue weighted by Crippen LogP contribution is 2.60. The van der Waals surface area contributed by atoms with E-state index in [4.69, 9.17) is 13.5 Å². The van der Waals surface area contributed by atoms with Crippen LogP contribution < -0.4 is 14.4 Å². The normalized spacial score (nSPS) is 12.1. The van der Waals surface area contributed by atoms with Crippen LogP contribution in [-0.4, -0.2) is 15.2 Å². The van der Waals surface area contributed by atoms with Gasteiger partial charge >= 0.3 is 13.6 Å². The maximum atomic E-state index is 14.6. The van der Waals surface area contributed by atoms with E-state index in [0.717, 1.165) is 0 Å². The third kappa shape index (κ3) is 6.04. The van der Waals surface area contributed by atoms with Gasteiger partial charge in [0.2, 0.25) is 0 Å². The summed E-state index contributed by atoms with van der Waals surface area (Å²) in [6.45, 7) is 0. The van der Waals surface area contributed by atoms with Crippen molar-refractivity contribution >= 4 is 29.5 Å². The van der Waals surface area contributed by atoms with Crippen molar-refractivity contribution in [2.45, 2.75) is 5.78 Å². The van der Waals surface area contributed by atoms with Gasteiger partial charge < -0.3 is 18.8 Å². The summed E-state index contributed by atoms with van der Waals surface area (Å²) >= 11 is 3.31. The number of halogens is 2. The Morgan fingerprint density at radius 1 is 0.811 bits per heavy atom. The van der Waals surface area contributed by atoms with Crippen molar-refractivity contribution < 1.29 is 22.4 Å². The number of hydrogen-bond acceptors (Lipinski definition) is 8. The lowest BCUT2D eigenvalue weighted by Crippen LogP contribution is -2.18. The molecule has 0 amide bonds. The van der Waals surface area contributed by atoms with Crippen LogP contribution in [0.2, 0.25) is 0 Å². The van der Waals surface area contributed by atoms with E-state index in [0.29, 0.717) is 27.4 Å². The van der Waals surface area contributed by atoms with Crippen LogP contribution in [-0.2, 0) is 4.57 Å². The summed E-state index contributed by atoms with van der Waals surface area (Å²) < 4.78 is 46.7. The molecule has 0 spiro atoms. The molecule has 0 aliphatic carbocycles. The zero-order chi connectivity index (χ0) is 25.7. The molecule has 0 aliphatic rings. The minimum Gasteiger partial charge on any atom is -0.414 e. The summed E-state index contributed by atoms with van der Waals surface area (Å²) in [6.07, 6.45) is 0. The molecule has 0 fully saturated rings. The van der Waals surface area contributed by atoms with Gasteiger partial charge in [0.05, 0.1) is 0 Å². The molecule has 186 valence electrons. The number of nitrogens with one attached hydrogen (secondary N) is 1. The zero-order valence-electron chi connectivity index (χ0n) is 19.1. The van der Waals surface area contributed by atoms with Crippen molar-refractivity contribution in [3.8, 4) is 23.1 Å². The first-order valence-electron chi connectivity index (χ1n) is 11.1. The topological polar surface area (TPSA) is 99.4 Å². The van der Waals surface area contributed by atoms with Crippen LogP contribution in [0.5, 0.6) is 11.5 Å². The second-order valence-electron chi connectivity index (χ2n) is 7.70. The number of hydrogen-bond donors (Lipinski definition) is 1. The van der Waals surface area contributed by atoms with Gasteiger partial charge in [0.25, 0.3) is 5.89 Å². The van der Waals surface area contributed by atoms with E-state index in [9.17, 15) is 8.96 Å². The maximum Gasteiger partial charge on any atom is 0.457 e. The van der Waals surface area contributed by atoms with Gasteiger partial charge in [-0.1, -0.05) is 59.7 Å². The Morgan fingerprint density at radius 2 is 1.43 bits per heavy atom. The molecule has 11 heteroatoms. The molecule has 2 aromatic heterocycles. The third-order valence-corrected chi connectivity index (χ3v) is 7.51. The zero-order valence-corrected chi connectivity index (χ0v) is 21.6. The molecule has 0 aliphatic heterocycles. The number of nitrogens with zero attached hydrogens (tertiary/aromatic N) is 3. The predicted molar refractivity (Wildman–Crippen MR) is 140 cm³/mol. The molecule has 37 heavy (non-hydrogen) atoms. The summed E-state index contributed by atoms with van der Waals surface area (Å²) in [5.41, 5.74) is 0.856. The number of benzene rings is 3. The Kier molecular flexibility index (Phi) is 7.30. The predicted octanol–water partition coefficient (Wildman–Crippen LogP) is 7.50. The Morgan fingerprint density at radius 3 is 2.03 bits per heavy atom. The molecular formula is C26H19BrFN4O4P. The van der Waals surface area contributed by atoms with Crippen LogP contribution in [0.15, 0.2) is 112 Å². The van der Waals surface area contributed by atoms with Crippen LogP contribution in [0.3, 0.4) is 0 Å². The molecule has 0 saturated carbocycles. The molecule has 5 rings (SSSR count). The highest BCUT2D eigenvalue weighted by Gasteiger charge is 2.42. The van der Waals surface area contributed by atoms with E-state index in [1.807, 2.05) is 12.1 Å². The molecule has 3 aromatic carbocycles. The third-order valence-electron chi connectivity index (χ3n) is 5.07. The summed E-state index contributed by atoms with van der Waals surface area (Å²) in [4.78, 5) is 4.31. The highest BCUT2D eigenvalue weighted by atomic mass is 79.9. The van der Waals surface area contributed by atoms with E-state index in [1.165, 1.54) is 24.3 Å². The minimum absolute atomic E-state index is 0.0559. The lowest BCUT2D eigenvalue weighted by molar-refractivity contribution is 0.375. The van der Waals surface area contributed by atoms with Crippen LogP contribution in [0, 0.1) is 5.82 Å². The largest absolute Gasteiger partial charge is 0.457 e. The summed E-state index contributed by atoms with van der Waals surface area (Å²) in [6, 6.07) is 27.9. The first-order valence-corrected chi connectivity index (χ1v) is 13.5. The molecule has 8 nitrogen and oxygen atoms in total. The van der Waals surface area contributed by atoms with Crippen molar-refractivity contribution in [2.24, 2.45) is 0 Å². The lowest BCUT2D eigenvalue weighted by atomic mass is 10.2. The Bertz CT molecular complexity index is 1480. The van der Waals surface area contributed by atoms with Crippen molar-refractivity contribution in [3.05, 3.63) is 119 Å². The molecule has 0 bridgehead atoms. The van der Waals surface area contributed by atoms with Gasteiger partial charge in [-0.05, 0) is 70.0 Å². The smallest absolute Gasteiger partial charge is 0.414 e. The number of anilines is 1. The standard InChI is InChI=1S/C26H19BrFN4O4P/c27-23-13-7-12-22(29-23)24-31-32-26(34-24)30-25(18-14-16-19(28)17-15-18)37(33,35-20-8-3-1-4-9-20)36-21-10-5-2-6-11-21/h1-17,25H,(H,30,32). The number of para-hydroxylation sites is 2. The van der Waals surface area contributed by atoms with Gasteiger partial charge in [0, 0.05) is 0 Å². The van der Waals surface area contributed by atoms with Gasteiger partial charge in [-0.15, -0.1) is 5.10 Å². The number of aromatic nitrogens is 3. The molecule has 1 atom stereocenters. The van der Waals surface area contributed by atoms with Crippen LogP contribution in [0.4, 0.5) is 10.4 Å².